The summed E-state index contributed by atoms with van der Waals surface area (Å²) in [7, 11) is 0. The second-order valence-electron chi connectivity index (χ2n) is 3.61. The van der Waals surface area contributed by atoms with Gasteiger partial charge in [0.15, 0.2) is 12.4 Å². The molecule has 1 saturated heterocycles. The first-order chi connectivity index (χ1) is 7.75. The molecule has 0 aliphatic carbocycles. The molecule has 0 spiro atoms. The largest absolute Gasteiger partial charge is 0.479 e. The van der Waals surface area contributed by atoms with E-state index in [1.165, 1.54) is 12.8 Å². The van der Waals surface area contributed by atoms with Gasteiger partial charge in [-0.1, -0.05) is 0 Å². The molecule has 1 aromatic heterocycles. The summed E-state index contributed by atoms with van der Waals surface area (Å²) >= 11 is 0. The topological polar surface area (TPSA) is 75.6 Å². The van der Waals surface area contributed by atoms with E-state index in [1.54, 1.807) is 12.1 Å². The van der Waals surface area contributed by atoms with Gasteiger partial charge in [0.2, 0.25) is 5.88 Å². The van der Waals surface area contributed by atoms with Crippen LogP contribution in [0.25, 0.3) is 0 Å². The molecule has 1 N–H and O–H groups in total. The SMILES string of the molecule is O=C(O)COc1ccc(N2CCCC2)nn1. The van der Waals surface area contributed by atoms with Crippen molar-refractivity contribution in [1.82, 2.24) is 10.2 Å². The molecule has 1 fully saturated rings. The Bertz CT molecular complexity index is 360. The van der Waals surface area contributed by atoms with Crippen LogP contribution in [0, 0.1) is 0 Å². The first-order valence-corrected chi connectivity index (χ1v) is 5.19. The average Bonchev–Trinajstić information content (AvgIpc) is 2.80. The molecule has 0 amide bonds. The van der Waals surface area contributed by atoms with Gasteiger partial charge in [-0.2, -0.15) is 0 Å². The predicted octanol–water partition coefficient (Wildman–Crippen LogP) is 0.540. The fourth-order valence-corrected chi connectivity index (χ4v) is 1.64. The summed E-state index contributed by atoms with van der Waals surface area (Å²) in [5, 5.41) is 16.2. The van der Waals surface area contributed by atoms with E-state index < -0.39 is 12.6 Å². The van der Waals surface area contributed by atoms with Crippen LogP contribution in [-0.2, 0) is 4.79 Å². The summed E-state index contributed by atoms with van der Waals surface area (Å²) in [6.07, 6.45) is 2.36. The maximum absolute atomic E-state index is 10.3. The van der Waals surface area contributed by atoms with Crippen molar-refractivity contribution in [2.75, 3.05) is 24.6 Å². The molecule has 0 bridgehead atoms. The molecule has 2 heterocycles. The lowest BCUT2D eigenvalue weighted by Gasteiger charge is -2.15. The fourth-order valence-electron chi connectivity index (χ4n) is 1.64. The molecular formula is C10H13N3O3. The van der Waals surface area contributed by atoms with Crippen LogP contribution in [0.15, 0.2) is 12.1 Å². The molecule has 6 heteroatoms. The van der Waals surface area contributed by atoms with E-state index in [0.717, 1.165) is 18.9 Å². The van der Waals surface area contributed by atoms with Crippen molar-refractivity contribution < 1.29 is 14.6 Å². The van der Waals surface area contributed by atoms with Crippen LogP contribution in [0.1, 0.15) is 12.8 Å². The number of anilines is 1. The highest BCUT2D eigenvalue weighted by atomic mass is 16.5. The van der Waals surface area contributed by atoms with Gasteiger partial charge in [0.25, 0.3) is 0 Å². The number of ether oxygens (including phenoxy) is 1. The van der Waals surface area contributed by atoms with E-state index in [1.807, 2.05) is 0 Å². The van der Waals surface area contributed by atoms with Gasteiger partial charge in [-0.25, -0.2) is 4.79 Å². The zero-order valence-electron chi connectivity index (χ0n) is 8.80. The molecule has 0 saturated carbocycles. The van der Waals surface area contributed by atoms with Gasteiger partial charge in [-0.15, -0.1) is 10.2 Å². The summed E-state index contributed by atoms with van der Waals surface area (Å²) in [6.45, 7) is 1.62. The highest BCUT2D eigenvalue weighted by Crippen LogP contribution is 2.17. The molecule has 0 aromatic carbocycles. The summed E-state index contributed by atoms with van der Waals surface area (Å²) < 4.78 is 4.89. The number of aliphatic carboxylic acids is 1. The Morgan fingerprint density at radius 1 is 1.38 bits per heavy atom. The van der Waals surface area contributed by atoms with Gasteiger partial charge in [0.05, 0.1) is 0 Å². The molecule has 86 valence electrons. The maximum Gasteiger partial charge on any atom is 0.341 e. The summed E-state index contributed by atoms with van der Waals surface area (Å²) in [5.41, 5.74) is 0. The molecule has 6 nitrogen and oxygen atoms in total. The van der Waals surface area contributed by atoms with Crippen molar-refractivity contribution in [3.05, 3.63) is 12.1 Å². The minimum atomic E-state index is -1.02. The van der Waals surface area contributed by atoms with Crippen molar-refractivity contribution in [3.8, 4) is 5.88 Å². The Kier molecular flexibility index (Phi) is 3.19. The number of carboxylic acid groups (broad SMARTS) is 1. The second-order valence-corrected chi connectivity index (χ2v) is 3.61. The maximum atomic E-state index is 10.3. The van der Waals surface area contributed by atoms with E-state index in [-0.39, 0.29) is 5.88 Å². The predicted molar refractivity (Wildman–Crippen MR) is 56.6 cm³/mol. The number of hydrogen-bond acceptors (Lipinski definition) is 5. The van der Waals surface area contributed by atoms with Gasteiger partial charge < -0.3 is 14.7 Å². The number of rotatable bonds is 4. The van der Waals surface area contributed by atoms with E-state index >= 15 is 0 Å². The molecule has 0 radical (unpaired) electrons. The lowest BCUT2D eigenvalue weighted by atomic mass is 10.4. The minimum Gasteiger partial charge on any atom is -0.479 e. The third-order valence-electron chi connectivity index (χ3n) is 2.40. The first kappa shape index (κ1) is 10.7. The lowest BCUT2D eigenvalue weighted by Crippen LogP contribution is -2.19. The molecular weight excluding hydrogens is 210 g/mol. The van der Waals surface area contributed by atoms with E-state index in [4.69, 9.17) is 9.84 Å². The molecule has 1 aliphatic heterocycles. The van der Waals surface area contributed by atoms with Gasteiger partial charge in [0, 0.05) is 19.2 Å². The third kappa shape index (κ3) is 2.59. The lowest BCUT2D eigenvalue weighted by molar-refractivity contribution is -0.139. The monoisotopic (exact) mass is 223 g/mol. The smallest absolute Gasteiger partial charge is 0.341 e. The number of nitrogens with zero attached hydrogens (tertiary/aromatic N) is 3. The molecule has 1 aromatic rings. The minimum absolute atomic E-state index is 0.241. The third-order valence-corrected chi connectivity index (χ3v) is 2.40. The van der Waals surface area contributed by atoms with Crippen molar-refractivity contribution in [2.24, 2.45) is 0 Å². The average molecular weight is 223 g/mol. The van der Waals surface area contributed by atoms with Gasteiger partial charge in [-0.3, -0.25) is 0 Å². The van der Waals surface area contributed by atoms with E-state index in [9.17, 15) is 4.79 Å². The van der Waals surface area contributed by atoms with Gasteiger partial charge in [-0.05, 0) is 18.9 Å². The van der Waals surface area contributed by atoms with Crippen molar-refractivity contribution in [3.63, 3.8) is 0 Å². The zero-order chi connectivity index (χ0) is 11.4. The van der Waals surface area contributed by atoms with Crippen LogP contribution in [-0.4, -0.2) is 41.0 Å². The number of carboxylic acids is 1. The Hall–Kier alpha value is -1.85. The standard InChI is InChI=1S/C10H13N3O3/c14-10(15)7-16-9-4-3-8(11-12-9)13-5-1-2-6-13/h3-4H,1-2,5-7H2,(H,14,15). The van der Waals surface area contributed by atoms with Gasteiger partial charge >= 0.3 is 5.97 Å². The van der Waals surface area contributed by atoms with Crippen molar-refractivity contribution in [1.29, 1.82) is 0 Å². The molecule has 0 unspecified atom stereocenters. The van der Waals surface area contributed by atoms with Crippen LogP contribution >= 0.6 is 0 Å². The summed E-state index contributed by atoms with van der Waals surface area (Å²) in [6, 6.07) is 3.44. The van der Waals surface area contributed by atoms with Crippen LogP contribution in [0.5, 0.6) is 5.88 Å². The summed E-state index contributed by atoms with van der Waals surface area (Å²) in [5.74, 6) is 0.0379. The normalized spacial score (nSPS) is 15.1. The van der Waals surface area contributed by atoms with Crippen LogP contribution in [0.4, 0.5) is 5.82 Å². The van der Waals surface area contributed by atoms with Crippen molar-refractivity contribution in [2.45, 2.75) is 12.8 Å². The Balaban J connectivity index is 1.95. The molecule has 2 rings (SSSR count). The van der Waals surface area contributed by atoms with Crippen molar-refractivity contribution >= 4 is 11.8 Å². The second kappa shape index (κ2) is 4.78. The molecule has 1 aliphatic rings. The van der Waals surface area contributed by atoms with Crippen LogP contribution in [0.3, 0.4) is 0 Å². The molecule has 0 atom stereocenters. The number of aromatic nitrogens is 2. The Morgan fingerprint density at radius 2 is 2.12 bits per heavy atom. The summed E-state index contributed by atoms with van der Waals surface area (Å²) in [4.78, 5) is 12.4. The fraction of sp³-hybridized carbons (Fsp3) is 0.500. The van der Waals surface area contributed by atoms with Crippen LogP contribution in [0.2, 0.25) is 0 Å². The Morgan fingerprint density at radius 3 is 2.69 bits per heavy atom. The number of hydrogen-bond donors (Lipinski definition) is 1. The zero-order valence-corrected chi connectivity index (χ0v) is 8.80. The highest BCUT2D eigenvalue weighted by molar-refractivity contribution is 5.68. The van der Waals surface area contributed by atoms with E-state index in [2.05, 4.69) is 15.1 Å². The van der Waals surface area contributed by atoms with Crippen LogP contribution < -0.4 is 9.64 Å². The first-order valence-electron chi connectivity index (χ1n) is 5.19. The van der Waals surface area contributed by atoms with E-state index in [0.29, 0.717) is 0 Å². The highest BCUT2D eigenvalue weighted by Gasteiger charge is 2.13. The van der Waals surface area contributed by atoms with Gasteiger partial charge in [0.1, 0.15) is 0 Å². The quantitative estimate of drug-likeness (QED) is 0.802. The number of carbonyl (C=O) groups is 1. The molecule has 16 heavy (non-hydrogen) atoms. The Labute approximate surface area is 92.9 Å².